The van der Waals surface area contributed by atoms with E-state index in [0.29, 0.717) is 18.7 Å². The molecule has 15 heteroatoms. The van der Waals surface area contributed by atoms with E-state index in [1.54, 1.807) is 30.3 Å². The lowest BCUT2D eigenvalue weighted by atomic mass is 9.98. The number of esters is 4. The van der Waals surface area contributed by atoms with E-state index in [0.717, 1.165) is 32.0 Å². The van der Waals surface area contributed by atoms with Crippen LogP contribution in [0.15, 0.2) is 36.4 Å². The second-order valence-electron chi connectivity index (χ2n) is 9.77. The molecule has 2 aliphatic rings. The summed E-state index contributed by atoms with van der Waals surface area (Å²) in [5, 5.41) is 11.3. The van der Waals surface area contributed by atoms with Crippen LogP contribution in [0.5, 0.6) is 5.75 Å². The number of anilines is 2. The summed E-state index contributed by atoms with van der Waals surface area (Å²) in [7, 11) is 0. The van der Waals surface area contributed by atoms with Gasteiger partial charge in [-0.1, -0.05) is 11.6 Å². The number of ether oxygens (including phenoxy) is 6. The molecule has 0 saturated carbocycles. The number of hydrogen-bond donors (Lipinski definition) is 0. The largest absolute Gasteiger partial charge is 0.463 e. The molecule has 0 spiro atoms. The average molecular weight is 621 g/mol. The van der Waals surface area contributed by atoms with Gasteiger partial charge < -0.3 is 33.3 Å². The summed E-state index contributed by atoms with van der Waals surface area (Å²) >= 11 is 6.60. The van der Waals surface area contributed by atoms with Gasteiger partial charge in [-0.3, -0.25) is 29.3 Å². The number of carbonyl (C=O) groups excluding carboxylic acids is 4. The number of nitrogens with zero attached hydrogens (tertiary/aromatic N) is 2. The van der Waals surface area contributed by atoms with Crippen LogP contribution in [-0.2, 0) is 49.3 Å². The first kappa shape index (κ1) is 31.5. The third-order valence-electron chi connectivity index (χ3n) is 6.59. The van der Waals surface area contributed by atoms with E-state index in [1.807, 2.05) is 4.90 Å². The Morgan fingerprint density at radius 2 is 1.58 bits per heavy atom. The van der Waals surface area contributed by atoms with Crippen molar-refractivity contribution in [2.75, 3.05) is 18.1 Å². The predicted octanol–water partition coefficient (Wildman–Crippen LogP) is 3.40. The number of fused-ring (bicyclic) bond motifs is 1. The van der Waals surface area contributed by atoms with Crippen molar-refractivity contribution in [3.05, 3.63) is 57.1 Å². The Bertz CT molecular complexity index is 1430. The fourth-order valence-corrected chi connectivity index (χ4v) is 5.15. The summed E-state index contributed by atoms with van der Waals surface area (Å²) in [4.78, 5) is 60.2. The third kappa shape index (κ3) is 7.51. The van der Waals surface area contributed by atoms with Gasteiger partial charge in [0.2, 0.25) is 12.4 Å². The van der Waals surface area contributed by atoms with E-state index < -0.39 is 66.1 Å². The summed E-state index contributed by atoms with van der Waals surface area (Å²) in [6.45, 7) is 4.69. The van der Waals surface area contributed by atoms with Gasteiger partial charge in [-0.15, -0.1) is 0 Å². The molecule has 43 heavy (non-hydrogen) atoms. The molecule has 0 aromatic heterocycles. The maximum atomic E-state index is 12.1. The van der Waals surface area contributed by atoms with Gasteiger partial charge in [-0.25, -0.2) is 0 Å². The number of hydrogen-bond acceptors (Lipinski definition) is 13. The minimum atomic E-state index is -1.45. The van der Waals surface area contributed by atoms with Crippen LogP contribution in [0.1, 0.15) is 33.3 Å². The van der Waals surface area contributed by atoms with Crippen LogP contribution in [0.4, 0.5) is 17.1 Å². The summed E-state index contributed by atoms with van der Waals surface area (Å²) in [6, 6.07) is 9.53. The molecule has 2 aromatic rings. The second-order valence-corrected chi connectivity index (χ2v) is 10.2. The number of nitro benzene ring substituents is 1. The van der Waals surface area contributed by atoms with Gasteiger partial charge in [0.25, 0.3) is 5.69 Å². The first-order valence-corrected chi connectivity index (χ1v) is 13.5. The van der Waals surface area contributed by atoms with Crippen molar-refractivity contribution in [1.29, 1.82) is 0 Å². The minimum Gasteiger partial charge on any atom is -0.463 e. The maximum absolute atomic E-state index is 12.1. The molecular weight excluding hydrogens is 592 g/mol. The first-order valence-electron chi connectivity index (χ1n) is 13.2. The van der Waals surface area contributed by atoms with Gasteiger partial charge in [-0.05, 0) is 36.2 Å². The first-order chi connectivity index (χ1) is 20.3. The van der Waals surface area contributed by atoms with Crippen molar-refractivity contribution in [2.45, 2.75) is 64.8 Å². The zero-order valence-corrected chi connectivity index (χ0v) is 24.4. The molecule has 1 saturated heterocycles. The molecule has 0 radical (unpaired) electrons. The zero-order chi connectivity index (χ0) is 31.4. The van der Waals surface area contributed by atoms with E-state index in [-0.39, 0.29) is 16.5 Å². The van der Waals surface area contributed by atoms with Crippen LogP contribution in [0, 0.1) is 10.1 Å². The molecule has 4 rings (SSSR count). The number of non-ortho nitro benzene ring substituents is 1. The molecule has 0 unspecified atom stereocenters. The van der Waals surface area contributed by atoms with Gasteiger partial charge in [0.05, 0.1) is 9.95 Å². The van der Waals surface area contributed by atoms with Crippen LogP contribution >= 0.6 is 11.6 Å². The van der Waals surface area contributed by atoms with Crippen molar-refractivity contribution in [2.24, 2.45) is 0 Å². The number of benzene rings is 2. The van der Waals surface area contributed by atoms with Gasteiger partial charge in [-0.2, -0.15) is 0 Å². The standard InChI is InChI=1S/C28H29ClN2O12/c1-14(32)38-13-24-25(39-15(2)33)26(40-16(3)34)27(41-17(4)35)28(43-24)42-23-8-6-19(12-21(23)29)30-10-9-18-11-20(31(36)37)5-7-22(18)30/h5-8,11-12,24-28H,9-10,13H2,1-4H3/t24-,25-,26+,27+,28+/m1/s1. The Labute approximate surface area is 250 Å². The molecule has 0 amide bonds. The normalized spacial score (nSPS) is 22.6. The highest BCUT2D eigenvalue weighted by Crippen LogP contribution is 2.40. The molecule has 1 fully saturated rings. The molecule has 0 aliphatic carbocycles. The molecule has 2 heterocycles. The number of carbonyl (C=O) groups is 4. The Kier molecular flexibility index (Phi) is 9.71. The number of rotatable bonds is 9. The summed E-state index contributed by atoms with van der Waals surface area (Å²) < 4.78 is 33.3. The molecule has 0 bridgehead atoms. The Morgan fingerprint density at radius 1 is 0.930 bits per heavy atom. The van der Waals surface area contributed by atoms with Crippen molar-refractivity contribution < 1.29 is 52.5 Å². The Balaban J connectivity index is 1.64. The summed E-state index contributed by atoms with van der Waals surface area (Å²) in [5.41, 5.74) is 2.32. The molecule has 2 aromatic carbocycles. The Morgan fingerprint density at radius 3 is 2.19 bits per heavy atom. The van der Waals surface area contributed by atoms with Crippen LogP contribution in [0.25, 0.3) is 0 Å². The van der Waals surface area contributed by atoms with E-state index >= 15 is 0 Å². The topological polar surface area (TPSA) is 170 Å². The van der Waals surface area contributed by atoms with Crippen LogP contribution in [-0.4, -0.2) is 72.7 Å². The number of halogens is 1. The quantitative estimate of drug-likeness (QED) is 0.173. The van der Waals surface area contributed by atoms with Crippen molar-refractivity contribution in [3.8, 4) is 5.75 Å². The maximum Gasteiger partial charge on any atom is 0.303 e. The van der Waals surface area contributed by atoms with Crippen molar-refractivity contribution in [1.82, 2.24) is 0 Å². The lowest BCUT2D eigenvalue weighted by molar-refractivity contribution is -0.384. The van der Waals surface area contributed by atoms with Crippen LogP contribution in [0.2, 0.25) is 5.02 Å². The van der Waals surface area contributed by atoms with E-state index in [9.17, 15) is 29.3 Å². The van der Waals surface area contributed by atoms with Crippen molar-refractivity contribution >= 4 is 52.5 Å². The number of nitro groups is 1. The fraction of sp³-hybridized carbons (Fsp3) is 0.429. The third-order valence-corrected chi connectivity index (χ3v) is 6.88. The molecular formula is C28H29ClN2O12. The van der Waals surface area contributed by atoms with E-state index in [1.165, 1.54) is 13.0 Å². The SMILES string of the molecule is CC(=O)OC[C@H]1O[C@H](Oc2ccc(N3CCc4cc([N+](=O)[O-])ccc43)cc2Cl)[C@@H](OC(C)=O)[C@@H](OC(C)=O)[C@@H]1OC(C)=O. The highest BCUT2D eigenvalue weighted by atomic mass is 35.5. The van der Waals surface area contributed by atoms with Gasteiger partial charge >= 0.3 is 23.9 Å². The van der Waals surface area contributed by atoms with Crippen LogP contribution < -0.4 is 9.64 Å². The van der Waals surface area contributed by atoms with Gasteiger partial charge in [0.1, 0.15) is 18.5 Å². The molecule has 0 N–H and O–H groups in total. The van der Waals surface area contributed by atoms with Crippen LogP contribution in [0.3, 0.4) is 0 Å². The molecule has 230 valence electrons. The predicted molar refractivity (Wildman–Crippen MR) is 148 cm³/mol. The molecule has 5 atom stereocenters. The second kappa shape index (κ2) is 13.3. The van der Waals surface area contributed by atoms with E-state index in [4.69, 9.17) is 40.0 Å². The van der Waals surface area contributed by atoms with Gasteiger partial charge in [0.15, 0.2) is 12.2 Å². The van der Waals surface area contributed by atoms with Gasteiger partial charge in [0, 0.05) is 57.7 Å². The lowest BCUT2D eigenvalue weighted by Gasteiger charge is -2.44. The average Bonchev–Trinajstić information content (AvgIpc) is 3.34. The highest BCUT2D eigenvalue weighted by molar-refractivity contribution is 6.32. The summed E-state index contributed by atoms with van der Waals surface area (Å²) in [6.07, 6.45) is -6.18. The van der Waals surface area contributed by atoms with E-state index in [2.05, 4.69) is 0 Å². The summed E-state index contributed by atoms with van der Waals surface area (Å²) in [5.74, 6) is -2.84. The highest BCUT2D eigenvalue weighted by Gasteiger charge is 2.53. The zero-order valence-electron chi connectivity index (χ0n) is 23.6. The smallest absolute Gasteiger partial charge is 0.303 e. The fourth-order valence-electron chi connectivity index (χ4n) is 4.93. The lowest BCUT2D eigenvalue weighted by Crippen LogP contribution is -2.63. The molecule has 14 nitrogen and oxygen atoms in total. The molecule has 2 aliphatic heterocycles. The Hall–Kier alpha value is -4.43. The monoisotopic (exact) mass is 620 g/mol. The van der Waals surface area contributed by atoms with Crippen molar-refractivity contribution in [3.63, 3.8) is 0 Å². The minimum absolute atomic E-state index is 0.00667.